The van der Waals surface area contributed by atoms with Gasteiger partial charge in [-0.25, -0.2) is 0 Å². The Morgan fingerprint density at radius 3 is 2.64 bits per heavy atom. The molecule has 0 aromatic heterocycles. The number of rotatable bonds is 5. The molecule has 0 saturated carbocycles. The fourth-order valence-corrected chi connectivity index (χ4v) is 3.42. The Balaban J connectivity index is 1.72. The van der Waals surface area contributed by atoms with Crippen LogP contribution in [-0.4, -0.2) is 31.7 Å². The van der Waals surface area contributed by atoms with Crippen LogP contribution in [-0.2, 0) is 15.7 Å². The number of halogens is 3. The molecule has 0 aliphatic carbocycles. The molecule has 2 aliphatic rings. The average Bonchev–Trinajstić information content (AvgIpc) is 3.26. The van der Waals surface area contributed by atoms with Gasteiger partial charge in [0, 0.05) is 26.1 Å². The molecular weight excluding hydrogens is 333 g/mol. The summed E-state index contributed by atoms with van der Waals surface area (Å²) in [6.07, 6.45) is 0.464. The number of benzene rings is 1. The first-order chi connectivity index (χ1) is 11.9. The first kappa shape index (κ1) is 18.0. The standard InChI is InChI=1S/C18H23F3N2O2/c19-18(20,21)13-5-7-16(23-9-1-2-10-23)15(12-13)22-17(24)8-6-14-4-3-11-25-14/h5,7,12,14H,1-4,6,8-11H2,(H,22,24). The van der Waals surface area contributed by atoms with E-state index < -0.39 is 11.7 Å². The third kappa shape index (κ3) is 4.66. The van der Waals surface area contributed by atoms with E-state index in [2.05, 4.69) is 5.32 Å². The maximum absolute atomic E-state index is 13.0. The summed E-state index contributed by atoms with van der Waals surface area (Å²) in [5, 5.41) is 2.69. The molecule has 0 bridgehead atoms. The summed E-state index contributed by atoms with van der Waals surface area (Å²) in [4.78, 5) is 14.3. The zero-order valence-corrected chi connectivity index (χ0v) is 14.1. The highest BCUT2D eigenvalue weighted by Crippen LogP contribution is 2.36. The van der Waals surface area contributed by atoms with Crippen molar-refractivity contribution >= 4 is 17.3 Å². The lowest BCUT2D eigenvalue weighted by Crippen LogP contribution is -2.22. The molecule has 4 nitrogen and oxygen atoms in total. The van der Waals surface area contributed by atoms with Crippen LogP contribution >= 0.6 is 0 Å². The van der Waals surface area contributed by atoms with Crippen molar-refractivity contribution in [2.45, 2.75) is 50.8 Å². The van der Waals surface area contributed by atoms with Crippen LogP contribution in [0, 0.1) is 0 Å². The predicted molar refractivity (Wildman–Crippen MR) is 89.7 cm³/mol. The van der Waals surface area contributed by atoms with Crippen LogP contribution in [0.5, 0.6) is 0 Å². The number of nitrogens with zero attached hydrogens (tertiary/aromatic N) is 1. The second-order valence-electron chi connectivity index (χ2n) is 6.65. The molecular formula is C18H23F3N2O2. The van der Waals surface area contributed by atoms with E-state index in [-0.39, 0.29) is 24.1 Å². The zero-order valence-electron chi connectivity index (χ0n) is 14.1. The van der Waals surface area contributed by atoms with Gasteiger partial charge in [-0.05, 0) is 50.3 Å². The number of anilines is 2. The van der Waals surface area contributed by atoms with Gasteiger partial charge in [-0.15, -0.1) is 0 Å². The lowest BCUT2D eigenvalue weighted by molar-refractivity contribution is -0.137. The van der Waals surface area contributed by atoms with Crippen LogP contribution in [0.1, 0.15) is 44.1 Å². The summed E-state index contributed by atoms with van der Waals surface area (Å²) in [7, 11) is 0. The summed E-state index contributed by atoms with van der Waals surface area (Å²) in [6.45, 7) is 2.31. The molecule has 1 aromatic rings. The van der Waals surface area contributed by atoms with Gasteiger partial charge in [0.1, 0.15) is 0 Å². The number of hydrogen-bond acceptors (Lipinski definition) is 3. The number of carbonyl (C=O) groups excluding carboxylic acids is 1. The Bertz CT molecular complexity index is 607. The SMILES string of the molecule is O=C(CCC1CCCO1)Nc1cc(C(F)(F)F)ccc1N1CCCC1. The molecule has 1 atom stereocenters. The third-order valence-corrected chi connectivity index (χ3v) is 4.76. The number of hydrogen-bond donors (Lipinski definition) is 1. The number of amides is 1. The van der Waals surface area contributed by atoms with Crippen molar-refractivity contribution in [3.63, 3.8) is 0 Å². The van der Waals surface area contributed by atoms with Crippen molar-refractivity contribution in [2.24, 2.45) is 0 Å². The molecule has 1 N–H and O–H groups in total. The maximum atomic E-state index is 13.0. The largest absolute Gasteiger partial charge is 0.416 e. The minimum absolute atomic E-state index is 0.0883. The van der Waals surface area contributed by atoms with Crippen molar-refractivity contribution in [1.82, 2.24) is 0 Å². The fraction of sp³-hybridized carbons (Fsp3) is 0.611. The highest BCUT2D eigenvalue weighted by molar-refractivity contribution is 5.94. The normalized spacial score (nSPS) is 20.9. The van der Waals surface area contributed by atoms with Gasteiger partial charge in [0.2, 0.25) is 5.91 Å². The summed E-state index contributed by atoms with van der Waals surface area (Å²) in [5.74, 6) is -0.268. The molecule has 2 heterocycles. The monoisotopic (exact) mass is 356 g/mol. The Morgan fingerprint density at radius 1 is 1.24 bits per heavy atom. The van der Waals surface area contributed by atoms with E-state index in [1.54, 1.807) is 0 Å². The molecule has 2 fully saturated rings. The molecule has 3 rings (SSSR count). The molecule has 0 radical (unpaired) electrons. The Kier molecular flexibility index (Phi) is 5.51. The van der Waals surface area contributed by atoms with E-state index in [9.17, 15) is 18.0 Å². The molecule has 1 aromatic carbocycles. The van der Waals surface area contributed by atoms with Crippen LogP contribution in [0.3, 0.4) is 0 Å². The number of ether oxygens (including phenoxy) is 1. The first-order valence-corrected chi connectivity index (χ1v) is 8.81. The van der Waals surface area contributed by atoms with Crippen molar-refractivity contribution in [3.8, 4) is 0 Å². The van der Waals surface area contributed by atoms with Crippen LogP contribution < -0.4 is 10.2 Å². The summed E-state index contributed by atoms with van der Waals surface area (Å²) in [5.41, 5.74) is 0.162. The highest BCUT2D eigenvalue weighted by Gasteiger charge is 2.32. The van der Waals surface area contributed by atoms with Gasteiger partial charge in [-0.1, -0.05) is 0 Å². The average molecular weight is 356 g/mol. The first-order valence-electron chi connectivity index (χ1n) is 8.81. The second kappa shape index (κ2) is 7.64. The number of nitrogens with one attached hydrogen (secondary N) is 1. The van der Waals surface area contributed by atoms with Crippen LogP contribution in [0.25, 0.3) is 0 Å². The van der Waals surface area contributed by atoms with Crippen molar-refractivity contribution in [3.05, 3.63) is 23.8 Å². The Labute approximate surface area is 145 Å². The van der Waals surface area contributed by atoms with Gasteiger partial charge in [0.15, 0.2) is 0 Å². The van der Waals surface area contributed by atoms with Gasteiger partial charge in [-0.2, -0.15) is 13.2 Å². The van der Waals surface area contributed by atoms with E-state index in [0.29, 0.717) is 12.1 Å². The smallest absolute Gasteiger partial charge is 0.378 e. The Hall–Kier alpha value is -1.76. The minimum Gasteiger partial charge on any atom is -0.378 e. The van der Waals surface area contributed by atoms with Gasteiger partial charge in [-0.3, -0.25) is 4.79 Å². The topological polar surface area (TPSA) is 41.6 Å². The second-order valence-corrected chi connectivity index (χ2v) is 6.65. The van der Waals surface area contributed by atoms with E-state index in [1.165, 1.54) is 6.07 Å². The third-order valence-electron chi connectivity index (χ3n) is 4.76. The molecule has 25 heavy (non-hydrogen) atoms. The van der Waals surface area contributed by atoms with Crippen molar-refractivity contribution in [2.75, 3.05) is 29.9 Å². The fourth-order valence-electron chi connectivity index (χ4n) is 3.42. The molecule has 2 aliphatic heterocycles. The summed E-state index contributed by atoms with van der Waals surface area (Å²) >= 11 is 0. The van der Waals surface area contributed by atoms with Gasteiger partial charge in [0.05, 0.1) is 23.0 Å². The van der Waals surface area contributed by atoms with Crippen LogP contribution in [0.15, 0.2) is 18.2 Å². The molecule has 0 spiro atoms. The van der Waals surface area contributed by atoms with Crippen LogP contribution in [0.2, 0.25) is 0 Å². The minimum atomic E-state index is -4.43. The Morgan fingerprint density at radius 2 is 2.00 bits per heavy atom. The van der Waals surface area contributed by atoms with E-state index in [0.717, 1.165) is 57.5 Å². The van der Waals surface area contributed by atoms with E-state index in [4.69, 9.17) is 4.74 Å². The highest BCUT2D eigenvalue weighted by atomic mass is 19.4. The molecule has 2 saturated heterocycles. The lowest BCUT2D eigenvalue weighted by atomic mass is 10.1. The van der Waals surface area contributed by atoms with E-state index in [1.807, 2.05) is 4.90 Å². The number of alkyl halides is 3. The van der Waals surface area contributed by atoms with E-state index >= 15 is 0 Å². The van der Waals surface area contributed by atoms with Gasteiger partial charge in [0.25, 0.3) is 0 Å². The van der Waals surface area contributed by atoms with Gasteiger partial charge < -0.3 is 15.0 Å². The molecule has 138 valence electrons. The molecule has 7 heteroatoms. The molecule has 1 unspecified atom stereocenters. The van der Waals surface area contributed by atoms with Gasteiger partial charge >= 0.3 is 6.18 Å². The van der Waals surface area contributed by atoms with Crippen LogP contribution in [0.4, 0.5) is 24.5 Å². The maximum Gasteiger partial charge on any atom is 0.416 e. The quantitative estimate of drug-likeness (QED) is 0.860. The number of carbonyl (C=O) groups is 1. The summed E-state index contributed by atoms with van der Waals surface area (Å²) < 4.78 is 44.6. The molecule has 1 amide bonds. The van der Waals surface area contributed by atoms with Crippen molar-refractivity contribution < 1.29 is 22.7 Å². The summed E-state index contributed by atoms with van der Waals surface area (Å²) in [6, 6.07) is 3.58. The lowest BCUT2D eigenvalue weighted by Gasteiger charge is -2.23. The predicted octanol–water partition coefficient (Wildman–Crippen LogP) is 4.20. The van der Waals surface area contributed by atoms with Crippen molar-refractivity contribution in [1.29, 1.82) is 0 Å². The zero-order chi connectivity index (χ0) is 17.9.